The molecule has 0 fully saturated rings. The van der Waals surface area contributed by atoms with Gasteiger partial charge < -0.3 is 10.2 Å². The van der Waals surface area contributed by atoms with E-state index in [2.05, 4.69) is 4.98 Å². The highest BCUT2D eigenvalue weighted by Crippen LogP contribution is 2.19. The van der Waals surface area contributed by atoms with Crippen molar-refractivity contribution in [3.63, 3.8) is 0 Å². The molecule has 0 atom stereocenters. The van der Waals surface area contributed by atoms with Crippen LogP contribution in [0.2, 0.25) is 0 Å². The molecule has 1 heterocycles. The molecule has 2 N–H and O–H groups in total. The van der Waals surface area contributed by atoms with Crippen molar-refractivity contribution in [2.75, 3.05) is 5.73 Å². The van der Waals surface area contributed by atoms with Crippen LogP contribution in [0.5, 0.6) is 0 Å². The number of nitrogens with two attached hydrogens (primary N) is 1. The number of aryl methyl sites for hydroxylation is 1. The fourth-order valence-electron chi connectivity index (χ4n) is 1.22. The fraction of sp³-hybridized carbons (Fsp3) is 0.100. The maximum atomic E-state index is 5.38. The zero-order valence-electron chi connectivity index (χ0n) is 7.32. The summed E-state index contributed by atoms with van der Waals surface area (Å²) in [5.74, 6) is 0. The smallest absolute Gasteiger partial charge is 0.292 e. The summed E-state index contributed by atoms with van der Waals surface area (Å²) >= 11 is 0. The summed E-state index contributed by atoms with van der Waals surface area (Å²) in [5, 5.41) is 0. The van der Waals surface area contributed by atoms with Crippen molar-refractivity contribution < 1.29 is 4.42 Å². The first-order chi connectivity index (χ1) is 6.25. The number of nitrogens with zero attached hydrogens (tertiary/aromatic N) is 1. The van der Waals surface area contributed by atoms with E-state index in [-0.39, 0.29) is 6.01 Å². The zero-order valence-corrected chi connectivity index (χ0v) is 7.32. The number of rotatable bonds is 1. The van der Waals surface area contributed by atoms with Crippen LogP contribution < -0.4 is 5.73 Å². The van der Waals surface area contributed by atoms with Crippen molar-refractivity contribution in [3.05, 3.63) is 36.1 Å². The van der Waals surface area contributed by atoms with Gasteiger partial charge in [0.1, 0.15) is 12.0 Å². The molecule has 0 aliphatic carbocycles. The molecule has 0 amide bonds. The molecule has 0 unspecified atom stereocenters. The van der Waals surface area contributed by atoms with E-state index in [9.17, 15) is 0 Å². The third kappa shape index (κ3) is 1.54. The number of anilines is 1. The van der Waals surface area contributed by atoms with E-state index in [0.29, 0.717) is 0 Å². The molecular formula is C10H10N2O. The molecule has 0 saturated heterocycles. The Hall–Kier alpha value is -1.77. The van der Waals surface area contributed by atoms with Crippen molar-refractivity contribution in [1.82, 2.24) is 4.98 Å². The first-order valence-corrected chi connectivity index (χ1v) is 4.04. The van der Waals surface area contributed by atoms with Crippen LogP contribution in [-0.4, -0.2) is 4.98 Å². The highest BCUT2D eigenvalue weighted by Gasteiger charge is 2.02. The van der Waals surface area contributed by atoms with Gasteiger partial charge in [0.05, 0.1) is 0 Å². The van der Waals surface area contributed by atoms with Gasteiger partial charge in [0.25, 0.3) is 6.01 Å². The predicted molar refractivity (Wildman–Crippen MR) is 51.1 cm³/mol. The first-order valence-electron chi connectivity index (χ1n) is 4.04. The van der Waals surface area contributed by atoms with Crippen molar-refractivity contribution in [2.24, 2.45) is 0 Å². The first kappa shape index (κ1) is 7.86. The maximum Gasteiger partial charge on any atom is 0.292 e. The van der Waals surface area contributed by atoms with Gasteiger partial charge in [-0.2, -0.15) is 4.98 Å². The minimum atomic E-state index is 0.205. The van der Waals surface area contributed by atoms with Crippen LogP contribution in [0.1, 0.15) is 5.56 Å². The monoisotopic (exact) mass is 174 g/mol. The summed E-state index contributed by atoms with van der Waals surface area (Å²) in [7, 11) is 0. The molecule has 0 spiro atoms. The average molecular weight is 174 g/mol. The van der Waals surface area contributed by atoms with Crippen LogP contribution in [0.4, 0.5) is 6.01 Å². The molecule has 13 heavy (non-hydrogen) atoms. The zero-order chi connectivity index (χ0) is 9.26. The summed E-state index contributed by atoms with van der Waals surface area (Å²) < 4.78 is 4.93. The fourth-order valence-corrected chi connectivity index (χ4v) is 1.22. The molecule has 66 valence electrons. The third-order valence-electron chi connectivity index (χ3n) is 1.84. The Balaban J connectivity index is 2.46. The van der Waals surface area contributed by atoms with Gasteiger partial charge in [-0.15, -0.1) is 0 Å². The topological polar surface area (TPSA) is 52.0 Å². The summed E-state index contributed by atoms with van der Waals surface area (Å²) in [6.07, 6.45) is 1.56. The Labute approximate surface area is 76.2 Å². The third-order valence-corrected chi connectivity index (χ3v) is 1.84. The number of aromatic nitrogens is 1. The molecule has 3 nitrogen and oxygen atoms in total. The molecule has 3 heteroatoms. The van der Waals surface area contributed by atoms with Crippen molar-refractivity contribution in [3.8, 4) is 11.3 Å². The Morgan fingerprint density at radius 2 is 2.23 bits per heavy atom. The van der Waals surface area contributed by atoms with Crippen LogP contribution in [0.15, 0.2) is 34.9 Å². The molecule has 0 aliphatic rings. The molecular weight excluding hydrogens is 164 g/mol. The van der Waals surface area contributed by atoms with Gasteiger partial charge in [0, 0.05) is 5.56 Å². The lowest BCUT2D eigenvalue weighted by atomic mass is 10.1. The van der Waals surface area contributed by atoms with Gasteiger partial charge in [0.15, 0.2) is 0 Å². The summed E-state index contributed by atoms with van der Waals surface area (Å²) in [6, 6.07) is 8.24. The van der Waals surface area contributed by atoms with Crippen LogP contribution in [-0.2, 0) is 0 Å². The van der Waals surface area contributed by atoms with Gasteiger partial charge in [-0.25, -0.2) is 0 Å². The lowest BCUT2D eigenvalue weighted by Gasteiger charge is -1.95. The van der Waals surface area contributed by atoms with E-state index in [1.807, 2.05) is 31.2 Å². The molecule has 1 aromatic carbocycles. The van der Waals surface area contributed by atoms with Crippen molar-refractivity contribution in [1.29, 1.82) is 0 Å². The normalized spacial score (nSPS) is 10.2. The van der Waals surface area contributed by atoms with E-state index in [4.69, 9.17) is 10.2 Å². The molecule has 0 aliphatic heterocycles. The largest absolute Gasteiger partial charge is 0.432 e. The molecule has 2 rings (SSSR count). The van der Waals surface area contributed by atoms with Gasteiger partial charge in [-0.05, 0) is 13.0 Å². The molecule has 0 radical (unpaired) electrons. The van der Waals surface area contributed by atoms with Crippen molar-refractivity contribution in [2.45, 2.75) is 6.92 Å². The Morgan fingerprint density at radius 1 is 1.38 bits per heavy atom. The number of oxazole rings is 1. The summed E-state index contributed by atoms with van der Waals surface area (Å²) in [6.45, 7) is 2.03. The molecule has 1 aromatic heterocycles. The summed E-state index contributed by atoms with van der Waals surface area (Å²) in [5.41, 5.74) is 8.38. The van der Waals surface area contributed by atoms with E-state index < -0.39 is 0 Å². The summed E-state index contributed by atoms with van der Waals surface area (Å²) in [4.78, 5) is 4.03. The highest BCUT2D eigenvalue weighted by molar-refractivity contribution is 5.59. The van der Waals surface area contributed by atoms with Crippen molar-refractivity contribution >= 4 is 6.01 Å². The Bertz CT molecular complexity index is 420. The highest BCUT2D eigenvalue weighted by atomic mass is 16.4. The second kappa shape index (κ2) is 2.94. The van der Waals surface area contributed by atoms with Gasteiger partial charge in [-0.1, -0.05) is 23.8 Å². The van der Waals surface area contributed by atoms with Crippen LogP contribution >= 0.6 is 0 Å². The number of benzene rings is 1. The minimum absolute atomic E-state index is 0.205. The predicted octanol–water partition coefficient (Wildman–Crippen LogP) is 2.23. The second-order valence-corrected chi connectivity index (χ2v) is 2.94. The number of nitrogen functional groups attached to an aromatic ring is 1. The minimum Gasteiger partial charge on any atom is -0.432 e. The SMILES string of the molecule is Cc1cccc(-c2coc(N)n2)c1. The standard InChI is InChI=1S/C10H10N2O/c1-7-3-2-4-8(5-7)9-6-13-10(11)12-9/h2-6H,1H3,(H2,11,12). The average Bonchev–Trinajstić information content (AvgIpc) is 2.52. The van der Waals surface area contributed by atoms with Gasteiger partial charge in [0.2, 0.25) is 0 Å². The maximum absolute atomic E-state index is 5.38. The van der Waals surface area contributed by atoms with Crippen LogP contribution in [0, 0.1) is 6.92 Å². The van der Waals surface area contributed by atoms with E-state index in [1.54, 1.807) is 6.26 Å². The quantitative estimate of drug-likeness (QED) is 0.721. The van der Waals surface area contributed by atoms with E-state index >= 15 is 0 Å². The second-order valence-electron chi connectivity index (χ2n) is 2.94. The van der Waals surface area contributed by atoms with Crippen LogP contribution in [0.3, 0.4) is 0 Å². The Kier molecular flexibility index (Phi) is 1.77. The molecule has 2 aromatic rings. The molecule has 0 saturated carbocycles. The number of hydrogen-bond acceptors (Lipinski definition) is 3. The molecule has 0 bridgehead atoms. The lowest BCUT2D eigenvalue weighted by Crippen LogP contribution is -1.83. The Morgan fingerprint density at radius 3 is 2.85 bits per heavy atom. The lowest BCUT2D eigenvalue weighted by molar-refractivity contribution is 0.581. The van der Waals surface area contributed by atoms with Crippen LogP contribution in [0.25, 0.3) is 11.3 Å². The van der Waals surface area contributed by atoms with Gasteiger partial charge in [-0.3, -0.25) is 0 Å². The van der Waals surface area contributed by atoms with E-state index in [1.165, 1.54) is 5.56 Å². The van der Waals surface area contributed by atoms with E-state index in [0.717, 1.165) is 11.3 Å². The van der Waals surface area contributed by atoms with Gasteiger partial charge >= 0.3 is 0 Å². The number of hydrogen-bond donors (Lipinski definition) is 1.